The average Bonchev–Trinajstić information content (AvgIpc) is 3.48. The number of nitrogens with one attached hydrogen (secondary N) is 1. The van der Waals surface area contributed by atoms with Crippen LogP contribution in [-0.4, -0.2) is 25.7 Å². The van der Waals surface area contributed by atoms with E-state index in [2.05, 4.69) is 41.2 Å². The van der Waals surface area contributed by atoms with E-state index in [1.807, 2.05) is 24.3 Å². The van der Waals surface area contributed by atoms with Crippen molar-refractivity contribution >= 4 is 11.6 Å². The van der Waals surface area contributed by atoms with Crippen LogP contribution in [-0.2, 0) is 5.41 Å². The number of oxazole rings is 1. The highest BCUT2D eigenvalue weighted by Crippen LogP contribution is 2.30. The molecule has 1 amide bonds. The van der Waals surface area contributed by atoms with Crippen molar-refractivity contribution in [2.24, 2.45) is 0 Å². The first-order valence-corrected chi connectivity index (χ1v) is 10.4. The van der Waals surface area contributed by atoms with Gasteiger partial charge in [0.15, 0.2) is 11.4 Å². The fourth-order valence-corrected chi connectivity index (χ4v) is 3.24. The number of alkyl halides is 2. The lowest BCUT2D eigenvalue weighted by Gasteiger charge is -2.23. The summed E-state index contributed by atoms with van der Waals surface area (Å²) in [5, 5.41) is 6.46. The van der Waals surface area contributed by atoms with Gasteiger partial charge >= 0.3 is 0 Å². The summed E-state index contributed by atoms with van der Waals surface area (Å²) in [6.45, 7) is 6.39. The van der Waals surface area contributed by atoms with Gasteiger partial charge in [-0.1, -0.05) is 32.9 Å². The summed E-state index contributed by atoms with van der Waals surface area (Å²) in [5.41, 5.74) is 1.72. The summed E-state index contributed by atoms with van der Waals surface area (Å²) in [5.74, 6) is -0.456. The number of halogens is 2. The lowest BCUT2D eigenvalue weighted by molar-refractivity contribution is 0.102. The highest BCUT2D eigenvalue weighted by atomic mass is 19.3. The molecule has 0 saturated carbocycles. The Kier molecular flexibility index (Phi) is 6.04. The summed E-state index contributed by atoms with van der Waals surface area (Å²) in [6, 6.07) is 10.9. The van der Waals surface area contributed by atoms with Crippen molar-refractivity contribution in [1.29, 1.82) is 0 Å². The Morgan fingerprint density at radius 1 is 1.15 bits per heavy atom. The Bertz CT molecular complexity index is 1250. The van der Waals surface area contributed by atoms with Crippen molar-refractivity contribution in [3.8, 4) is 17.1 Å². The van der Waals surface area contributed by atoms with Gasteiger partial charge in [0.05, 0.1) is 17.6 Å². The first-order valence-electron chi connectivity index (χ1n) is 10.4. The Morgan fingerprint density at radius 2 is 1.85 bits per heavy atom. The fraction of sp³-hybridized carbons (Fsp3) is 0.250. The maximum atomic E-state index is 13.6. The molecule has 0 atom stereocenters. The molecule has 33 heavy (non-hydrogen) atoms. The van der Waals surface area contributed by atoms with Crippen LogP contribution in [0.25, 0.3) is 17.1 Å². The van der Waals surface area contributed by atoms with Crippen LogP contribution in [0, 0.1) is 0 Å². The second-order valence-corrected chi connectivity index (χ2v) is 8.19. The molecular weight excluding hydrogens is 428 g/mol. The molecule has 4 aromatic rings. The SMILES string of the molecule is CCC(C)(C)c1ccc(-n2cc(NC(=O)c3coc(-c4ccncc4)n3)c(C(F)F)n2)cc1. The van der Waals surface area contributed by atoms with Gasteiger partial charge < -0.3 is 9.73 Å². The van der Waals surface area contributed by atoms with Gasteiger partial charge in [0.1, 0.15) is 6.26 Å². The van der Waals surface area contributed by atoms with Crippen LogP contribution in [0.15, 0.2) is 65.7 Å². The molecule has 3 aromatic heterocycles. The minimum atomic E-state index is -2.87. The number of pyridine rings is 1. The Labute approximate surface area is 189 Å². The van der Waals surface area contributed by atoms with Crippen LogP contribution >= 0.6 is 0 Å². The van der Waals surface area contributed by atoms with E-state index in [9.17, 15) is 13.6 Å². The lowest BCUT2D eigenvalue weighted by Crippen LogP contribution is -2.15. The third-order valence-corrected chi connectivity index (χ3v) is 5.66. The highest BCUT2D eigenvalue weighted by molar-refractivity contribution is 6.03. The molecule has 0 spiro atoms. The van der Waals surface area contributed by atoms with Crippen LogP contribution in [0.2, 0.25) is 0 Å². The van der Waals surface area contributed by atoms with E-state index in [1.54, 1.807) is 24.5 Å². The zero-order valence-electron chi connectivity index (χ0n) is 18.4. The molecule has 170 valence electrons. The molecule has 0 bridgehead atoms. The van der Waals surface area contributed by atoms with Crippen molar-refractivity contribution in [3.05, 3.63) is 78.2 Å². The molecule has 3 heterocycles. The second-order valence-electron chi connectivity index (χ2n) is 8.19. The molecule has 7 nitrogen and oxygen atoms in total. The molecule has 0 aliphatic rings. The molecular formula is C24H23F2N5O2. The molecule has 1 N–H and O–H groups in total. The van der Waals surface area contributed by atoms with E-state index < -0.39 is 18.0 Å². The van der Waals surface area contributed by atoms with Crippen LogP contribution in [0.4, 0.5) is 14.5 Å². The van der Waals surface area contributed by atoms with Crippen molar-refractivity contribution in [1.82, 2.24) is 19.7 Å². The fourth-order valence-electron chi connectivity index (χ4n) is 3.24. The van der Waals surface area contributed by atoms with E-state index >= 15 is 0 Å². The summed E-state index contributed by atoms with van der Waals surface area (Å²) in [6.07, 6.45) is 3.76. The second kappa shape index (κ2) is 8.93. The number of benzene rings is 1. The zero-order chi connectivity index (χ0) is 23.6. The predicted octanol–water partition coefficient (Wildman–Crippen LogP) is 5.80. The van der Waals surface area contributed by atoms with Gasteiger partial charge in [0.2, 0.25) is 5.89 Å². The van der Waals surface area contributed by atoms with Crippen LogP contribution in [0.5, 0.6) is 0 Å². The predicted molar refractivity (Wildman–Crippen MR) is 120 cm³/mol. The summed E-state index contributed by atoms with van der Waals surface area (Å²) >= 11 is 0. The minimum Gasteiger partial charge on any atom is -0.444 e. The topological polar surface area (TPSA) is 85.8 Å². The van der Waals surface area contributed by atoms with Crippen LogP contribution in [0.1, 0.15) is 55.4 Å². The maximum Gasteiger partial charge on any atom is 0.284 e. The average molecular weight is 451 g/mol. The molecule has 0 fully saturated rings. The standard InChI is InChI=1S/C24H23F2N5O2/c1-4-24(2,3)16-5-7-17(8-6-16)31-13-18(20(30-31)21(25)26)28-22(32)19-14-33-23(29-19)15-9-11-27-12-10-15/h5-14,21H,4H2,1-3H3,(H,28,32). The summed E-state index contributed by atoms with van der Waals surface area (Å²) in [7, 11) is 0. The largest absolute Gasteiger partial charge is 0.444 e. The number of nitrogens with zero attached hydrogens (tertiary/aromatic N) is 4. The molecule has 4 rings (SSSR count). The smallest absolute Gasteiger partial charge is 0.284 e. The monoisotopic (exact) mass is 451 g/mol. The summed E-state index contributed by atoms with van der Waals surface area (Å²) in [4.78, 5) is 20.7. The van der Waals surface area contributed by atoms with E-state index in [-0.39, 0.29) is 22.7 Å². The molecule has 1 aromatic carbocycles. The van der Waals surface area contributed by atoms with E-state index in [0.29, 0.717) is 11.3 Å². The van der Waals surface area contributed by atoms with Gasteiger partial charge in [-0.15, -0.1) is 0 Å². The summed E-state index contributed by atoms with van der Waals surface area (Å²) < 4.78 is 33.9. The molecule has 0 unspecified atom stereocenters. The van der Waals surface area contributed by atoms with Crippen molar-refractivity contribution in [2.45, 2.75) is 39.0 Å². The van der Waals surface area contributed by atoms with Crippen LogP contribution in [0.3, 0.4) is 0 Å². The first kappa shape index (κ1) is 22.3. The normalized spacial score (nSPS) is 11.7. The van der Waals surface area contributed by atoms with Crippen molar-refractivity contribution in [2.75, 3.05) is 5.32 Å². The number of anilines is 1. The van der Waals surface area contributed by atoms with Gasteiger partial charge in [0, 0.05) is 18.0 Å². The minimum absolute atomic E-state index is 0.00260. The van der Waals surface area contributed by atoms with E-state index in [1.165, 1.54) is 17.1 Å². The molecule has 0 radical (unpaired) electrons. The Balaban J connectivity index is 1.57. The lowest BCUT2D eigenvalue weighted by atomic mass is 9.82. The number of aromatic nitrogens is 4. The Hall–Kier alpha value is -3.88. The number of hydrogen-bond acceptors (Lipinski definition) is 5. The molecule has 0 aliphatic carbocycles. The van der Waals surface area contributed by atoms with Gasteiger partial charge in [-0.25, -0.2) is 18.4 Å². The number of amides is 1. The van der Waals surface area contributed by atoms with Crippen molar-refractivity contribution in [3.63, 3.8) is 0 Å². The van der Waals surface area contributed by atoms with E-state index in [0.717, 1.165) is 12.0 Å². The number of carbonyl (C=O) groups excluding carboxylic acids is 1. The number of hydrogen-bond donors (Lipinski definition) is 1. The van der Waals surface area contributed by atoms with Gasteiger partial charge in [-0.05, 0) is 41.7 Å². The van der Waals surface area contributed by atoms with Gasteiger partial charge in [0.25, 0.3) is 12.3 Å². The number of carbonyl (C=O) groups is 1. The quantitative estimate of drug-likeness (QED) is 0.384. The van der Waals surface area contributed by atoms with Gasteiger partial charge in [-0.3, -0.25) is 9.78 Å². The molecule has 0 aliphatic heterocycles. The highest BCUT2D eigenvalue weighted by Gasteiger charge is 2.23. The molecule has 0 saturated heterocycles. The number of rotatable bonds is 7. The van der Waals surface area contributed by atoms with E-state index in [4.69, 9.17) is 4.42 Å². The maximum absolute atomic E-state index is 13.6. The van der Waals surface area contributed by atoms with Crippen LogP contribution < -0.4 is 5.32 Å². The third-order valence-electron chi connectivity index (χ3n) is 5.66. The Morgan fingerprint density at radius 3 is 2.48 bits per heavy atom. The van der Waals surface area contributed by atoms with Gasteiger partial charge in [-0.2, -0.15) is 5.10 Å². The molecule has 9 heteroatoms. The zero-order valence-corrected chi connectivity index (χ0v) is 18.4. The first-order chi connectivity index (χ1) is 15.8. The van der Waals surface area contributed by atoms with Crippen molar-refractivity contribution < 1.29 is 18.0 Å². The third kappa shape index (κ3) is 4.67.